The van der Waals surface area contributed by atoms with Crippen molar-refractivity contribution in [2.75, 3.05) is 0 Å². The maximum absolute atomic E-state index is 12.5. The molecule has 0 saturated heterocycles. The molecule has 6 aromatic carbocycles. The summed E-state index contributed by atoms with van der Waals surface area (Å²) in [6.45, 7) is 0. The summed E-state index contributed by atoms with van der Waals surface area (Å²) in [5.41, 5.74) is 11.6. The first-order valence-electron chi connectivity index (χ1n) is 16.5. The summed E-state index contributed by atoms with van der Waals surface area (Å²) in [4.78, 5) is 22.7. The van der Waals surface area contributed by atoms with Gasteiger partial charge in [-0.2, -0.15) is 0 Å². The molecule has 0 unspecified atom stereocenters. The maximum Gasteiger partial charge on any atom is 0.328 e. The van der Waals surface area contributed by atoms with E-state index in [4.69, 9.17) is 18.8 Å². The Morgan fingerprint density at radius 3 is 2.00 bits per heavy atom. The third-order valence-corrected chi connectivity index (χ3v) is 9.81. The minimum Gasteiger partial charge on any atom is -0.456 e. The first-order chi connectivity index (χ1) is 24.5. The largest absolute Gasteiger partial charge is 0.456 e. The Balaban J connectivity index is 1.13. The molecule has 0 amide bonds. The number of fused-ring (bicyclic) bond motifs is 7. The number of nitrogens with zero attached hydrogens (tertiary/aromatic N) is 4. The Bertz CT molecular complexity index is 3020. The number of aromatic nitrogens is 4. The molecule has 0 N–H and O–H groups in total. The highest BCUT2D eigenvalue weighted by Crippen LogP contribution is 2.41. The molecule has 7 nitrogen and oxygen atoms in total. The summed E-state index contributed by atoms with van der Waals surface area (Å²) in [6, 6.07) is 45.0. The molecule has 0 aliphatic carbocycles. The standard InChI is InChI=1S/C43H28N4O3/c1-46-35-20-19-28(21-36(35)47(2)43(46)48)25-15-17-26(18-16-25)33-24-34(45-42(44-33)27-9-4-3-5-10-27)30-12-8-14-38-41(30)32-23-39-31(22-40(32)50-38)29-11-6-7-13-37(29)49-39/h3-24H,1-2H3. The number of rotatable bonds is 4. The van der Waals surface area contributed by atoms with E-state index in [1.165, 1.54) is 0 Å². The van der Waals surface area contributed by atoms with Gasteiger partial charge in [-0.15, -0.1) is 0 Å². The van der Waals surface area contributed by atoms with Crippen LogP contribution in [0.1, 0.15) is 0 Å². The fourth-order valence-electron chi connectivity index (χ4n) is 7.23. The molecule has 10 rings (SSSR count). The summed E-state index contributed by atoms with van der Waals surface area (Å²) in [5.74, 6) is 0.641. The molecular weight excluding hydrogens is 620 g/mol. The molecule has 0 bridgehead atoms. The van der Waals surface area contributed by atoms with Crippen LogP contribution in [0.5, 0.6) is 0 Å². The van der Waals surface area contributed by atoms with E-state index >= 15 is 0 Å². The van der Waals surface area contributed by atoms with E-state index in [1.807, 2.05) is 66.7 Å². The normalized spacial score (nSPS) is 11.9. The molecule has 0 radical (unpaired) electrons. The zero-order chi connectivity index (χ0) is 33.5. The number of imidazole rings is 1. The third-order valence-electron chi connectivity index (χ3n) is 9.81. The minimum absolute atomic E-state index is 0.0387. The van der Waals surface area contributed by atoms with Crippen molar-refractivity contribution in [2.45, 2.75) is 0 Å². The van der Waals surface area contributed by atoms with Gasteiger partial charge in [-0.1, -0.05) is 91.0 Å². The van der Waals surface area contributed by atoms with E-state index in [0.29, 0.717) is 5.82 Å². The lowest BCUT2D eigenvalue weighted by Crippen LogP contribution is -2.19. The summed E-state index contributed by atoms with van der Waals surface area (Å²) < 4.78 is 16.1. The lowest BCUT2D eigenvalue weighted by Gasteiger charge is -2.11. The SMILES string of the molecule is Cn1c(=O)n(C)c2cc(-c3ccc(-c4cc(-c5cccc6oc7cc8c(cc7c56)oc5ccccc58)nc(-c5ccccc5)n4)cc3)ccc21. The molecule has 0 aliphatic rings. The van der Waals surface area contributed by atoms with Crippen molar-refractivity contribution in [1.29, 1.82) is 0 Å². The second-order valence-corrected chi connectivity index (χ2v) is 12.7. The summed E-state index contributed by atoms with van der Waals surface area (Å²) >= 11 is 0. The van der Waals surface area contributed by atoms with Crippen LogP contribution in [0.25, 0.3) is 99.9 Å². The van der Waals surface area contributed by atoms with Crippen LogP contribution in [-0.4, -0.2) is 19.1 Å². The van der Waals surface area contributed by atoms with Gasteiger partial charge in [0.25, 0.3) is 0 Å². The van der Waals surface area contributed by atoms with Gasteiger partial charge in [-0.05, 0) is 53.6 Å². The van der Waals surface area contributed by atoms with E-state index in [2.05, 4.69) is 66.7 Å². The predicted molar refractivity (Wildman–Crippen MR) is 200 cm³/mol. The highest BCUT2D eigenvalue weighted by atomic mass is 16.3. The van der Waals surface area contributed by atoms with E-state index in [1.54, 1.807) is 23.2 Å². The van der Waals surface area contributed by atoms with Gasteiger partial charge in [-0.3, -0.25) is 9.13 Å². The Morgan fingerprint density at radius 2 is 1.14 bits per heavy atom. The van der Waals surface area contributed by atoms with E-state index in [0.717, 1.165) is 94.1 Å². The van der Waals surface area contributed by atoms with Crippen molar-refractivity contribution in [2.24, 2.45) is 14.1 Å². The number of aryl methyl sites for hydroxylation is 2. The maximum atomic E-state index is 12.5. The molecule has 0 saturated carbocycles. The molecule has 0 aliphatic heterocycles. The molecule has 7 heteroatoms. The third kappa shape index (κ3) is 4.26. The lowest BCUT2D eigenvalue weighted by molar-refractivity contribution is 0.664. The second kappa shape index (κ2) is 10.6. The lowest BCUT2D eigenvalue weighted by atomic mass is 9.99. The van der Waals surface area contributed by atoms with Crippen LogP contribution in [0.4, 0.5) is 0 Å². The molecule has 50 heavy (non-hydrogen) atoms. The molecule has 0 spiro atoms. The zero-order valence-corrected chi connectivity index (χ0v) is 27.2. The Kier molecular flexibility index (Phi) is 6.02. The van der Waals surface area contributed by atoms with E-state index in [9.17, 15) is 4.79 Å². The first kappa shape index (κ1) is 28.3. The molecule has 0 fully saturated rings. The number of hydrogen-bond donors (Lipinski definition) is 0. The summed E-state index contributed by atoms with van der Waals surface area (Å²) in [7, 11) is 3.61. The number of furan rings is 2. The van der Waals surface area contributed by atoms with Crippen LogP contribution in [0, 0.1) is 0 Å². The number of para-hydroxylation sites is 1. The van der Waals surface area contributed by atoms with Gasteiger partial charge < -0.3 is 8.83 Å². The van der Waals surface area contributed by atoms with Gasteiger partial charge in [-0.25, -0.2) is 14.8 Å². The number of hydrogen-bond acceptors (Lipinski definition) is 5. The van der Waals surface area contributed by atoms with Crippen LogP contribution >= 0.6 is 0 Å². The second-order valence-electron chi connectivity index (χ2n) is 12.7. The zero-order valence-electron chi connectivity index (χ0n) is 27.2. The van der Waals surface area contributed by atoms with Crippen LogP contribution < -0.4 is 5.69 Å². The van der Waals surface area contributed by atoms with Crippen molar-refractivity contribution in [3.63, 3.8) is 0 Å². The molecule has 4 heterocycles. The topological polar surface area (TPSA) is 79.0 Å². The van der Waals surface area contributed by atoms with Crippen molar-refractivity contribution in [3.8, 4) is 45.0 Å². The quantitative estimate of drug-likeness (QED) is 0.190. The highest BCUT2D eigenvalue weighted by Gasteiger charge is 2.19. The molecular formula is C43H28N4O3. The van der Waals surface area contributed by atoms with Gasteiger partial charge >= 0.3 is 5.69 Å². The predicted octanol–water partition coefficient (Wildman–Crippen LogP) is 10.1. The summed E-state index contributed by atoms with van der Waals surface area (Å²) in [6.07, 6.45) is 0. The molecule has 238 valence electrons. The van der Waals surface area contributed by atoms with E-state index < -0.39 is 0 Å². The molecule has 4 aromatic heterocycles. The summed E-state index contributed by atoms with van der Waals surface area (Å²) in [5, 5.41) is 4.05. The molecule has 0 atom stereocenters. The highest BCUT2D eigenvalue weighted by molar-refractivity contribution is 6.18. The Labute approximate surface area is 285 Å². The minimum atomic E-state index is -0.0387. The van der Waals surface area contributed by atoms with Crippen molar-refractivity contribution < 1.29 is 8.83 Å². The van der Waals surface area contributed by atoms with Gasteiger partial charge in [0.1, 0.15) is 22.3 Å². The fraction of sp³-hybridized carbons (Fsp3) is 0.0465. The Morgan fingerprint density at radius 1 is 0.480 bits per heavy atom. The average molecular weight is 649 g/mol. The average Bonchev–Trinajstić information content (AvgIpc) is 3.79. The van der Waals surface area contributed by atoms with Crippen LogP contribution in [0.2, 0.25) is 0 Å². The van der Waals surface area contributed by atoms with Gasteiger partial charge in [0.05, 0.1) is 22.4 Å². The van der Waals surface area contributed by atoms with Gasteiger partial charge in [0.15, 0.2) is 5.82 Å². The smallest absolute Gasteiger partial charge is 0.328 e. The van der Waals surface area contributed by atoms with E-state index in [-0.39, 0.29) is 5.69 Å². The Hall–Kier alpha value is -6.73. The van der Waals surface area contributed by atoms with Crippen molar-refractivity contribution in [3.05, 3.63) is 144 Å². The number of benzene rings is 6. The fourth-order valence-corrected chi connectivity index (χ4v) is 7.23. The van der Waals surface area contributed by atoms with Crippen LogP contribution in [0.3, 0.4) is 0 Å². The monoisotopic (exact) mass is 648 g/mol. The van der Waals surface area contributed by atoms with Crippen molar-refractivity contribution >= 4 is 54.9 Å². The van der Waals surface area contributed by atoms with Gasteiger partial charge in [0.2, 0.25) is 0 Å². The van der Waals surface area contributed by atoms with Crippen LogP contribution in [-0.2, 0) is 14.1 Å². The molecule has 10 aromatic rings. The van der Waals surface area contributed by atoms with Gasteiger partial charge in [0, 0.05) is 52.3 Å². The van der Waals surface area contributed by atoms with Crippen LogP contribution in [0.15, 0.2) is 147 Å². The first-order valence-corrected chi connectivity index (χ1v) is 16.5. The van der Waals surface area contributed by atoms with Crippen molar-refractivity contribution in [1.82, 2.24) is 19.1 Å².